The normalized spacial score (nSPS) is 11.8. The lowest BCUT2D eigenvalue weighted by Gasteiger charge is -2.20. The van der Waals surface area contributed by atoms with Crippen LogP contribution in [0.4, 0.5) is 0 Å². The second-order valence-corrected chi connectivity index (χ2v) is 6.68. The Kier molecular flexibility index (Phi) is 4.42. The number of rotatable bonds is 5. The minimum Gasteiger partial charge on any atom is -0.508 e. The summed E-state index contributed by atoms with van der Waals surface area (Å²) in [5, 5.41) is 19.8. The van der Waals surface area contributed by atoms with Gasteiger partial charge in [-0.3, -0.25) is 0 Å². The molecule has 0 saturated carbocycles. The van der Waals surface area contributed by atoms with Crippen LogP contribution < -0.4 is 0 Å². The van der Waals surface area contributed by atoms with Gasteiger partial charge in [0.2, 0.25) is 0 Å². The van der Waals surface area contributed by atoms with Crippen molar-refractivity contribution in [3.8, 4) is 5.75 Å². The van der Waals surface area contributed by atoms with Gasteiger partial charge in [0.05, 0.1) is 11.4 Å². The first kappa shape index (κ1) is 16.3. The van der Waals surface area contributed by atoms with Crippen molar-refractivity contribution >= 4 is 0 Å². The Hall–Kier alpha value is -2.56. The molecule has 0 amide bonds. The molecule has 0 spiro atoms. The number of para-hydroxylation sites is 1. The number of phenols is 1. The Balaban J connectivity index is 2.11. The van der Waals surface area contributed by atoms with Crippen LogP contribution in [0.5, 0.6) is 5.75 Å². The highest BCUT2D eigenvalue weighted by Crippen LogP contribution is 2.29. The summed E-state index contributed by atoms with van der Waals surface area (Å²) in [7, 11) is 0. The van der Waals surface area contributed by atoms with E-state index in [1.165, 1.54) is 0 Å². The van der Waals surface area contributed by atoms with E-state index in [1.807, 2.05) is 52.1 Å². The van der Waals surface area contributed by atoms with Crippen molar-refractivity contribution in [3.05, 3.63) is 65.7 Å². The lowest BCUT2D eigenvalue weighted by atomic mass is 10.1. The summed E-state index contributed by atoms with van der Waals surface area (Å²) < 4.78 is 3.73. The Labute approximate surface area is 142 Å². The second-order valence-electron chi connectivity index (χ2n) is 6.68. The molecule has 1 N–H and O–H groups in total. The SMILES string of the molecule is CC(C)c1ccn(C(c2ccccc2O)n2ccc(C(C)C)n2)n1. The van der Waals surface area contributed by atoms with Gasteiger partial charge in [-0.1, -0.05) is 45.9 Å². The third-order valence-electron chi connectivity index (χ3n) is 4.16. The summed E-state index contributed by atoms with van der Waals surface area (Å²) in [5.74, 6) is 0.936. The molecule has 2 aromatic heterocycles. The van der Waals surface area contributed by atoms with Crippen LogP contribution >= 0.6 is 0 Å². The van der Waals surface area contributed by atoms with Gasteiger partial charge in [-0.25, -0.2) is 9.36 Å². The molecule has 0 aliphatic carbocycles. The molecule has 0 fully saturated rings. The summed E-state index contributed by atoms with van der Waals surface area (Å²) in [6.07, 6.45) is 3.58. The maximum atomic E-state index is 10.4. The van der Waals surface area contributed by atoms with E-state index in [9.17, 15) is 5.11 Å². The van der Waals surface area contributed by atoms with Gasteiger partial charge in [-0.05, 0) is 30.0 Å². The van der Waals surface area contributed by atoms with Gasteiger partial charge in [-0.2, -0.15) is 10.2 Å². The first-order valence-corrected chi connectivity index (χ1v) is 8.35. The summed E-state index contributed by atoms with van der Waals surface area (Å²) in [6.45, 7) is 8.47. The molecule has 3 rings (SSSR count). The molecule has 1 aromatic carbocycles. The van der Waals surface area contributed by atoms with Crippen molar-refractivity contribution < 1.29 is 5.11 Å². The van der Waals surface area contributed by atoms with E-state index in [0.29, 0.717) is 11.8 Å². The quantitative estimate of drug-likeness (QED) is 0.768. The molecule has 0 saturated heterocycles. The molecule has 5 heteroatoms. The fourth-order valence-electron chi connectivity index (χ4n) is 2.71. The monoisotopic (exact) mass is 324 g/mol. The molecule has 3 aromatic rings. The van der Waals surface area contributed by atoms with Gasteiger partial charge in [0.1, 0.15) is 5.75 Å². The maximum absolute atomic E-state index is 10.4. The highest BCUT2D eigenvalue weighted by Gasteiger charge is 2.22. The fourth-order valence-corrected chi connectivity index (χ4v) is 2.71. The van der Waals surface area contributed by atoms with Gasteiger partial charge < -0.3 is 5.11 Å². The first-order valence-electron chi connectivity index (χ1n) is 8.35. The Morgan fingerprint density at radius 1 is 0.792 bits per heavy atom. The number of hydrogen-bond acceptors (Lipinski definition) is 3. The van der Waals surface area contributed by atoms with Crippen LogP contribution in [-0.4, -0.2) is 24.7 Å². The maximum Gasteiger partial charge on any atom is 0.172 e. The Morgan fingerprint density at radius 2 is 1.29 bits per heavy atom. The van der Waals surface area contributed by atoms with Crippen molar-refractivity contribution in [3.63, 3.8) is 0 Å². The first-order chi connectivity index (χ1) is 11.5. The van der Waals surface area contributed by atoms with Crippen LogP contribution in [0.25, 0.3) is 0 Å². The van der Waals surface area contributed by atoms with E-state index < -0.39 is 0 Å². The predicted octanol–water partition coefficient (Wildman–Crippen LogP) is 4.13. The fraction of sp³-hybridized carbons (Fsp3) is 0.368. The lowest BCUT2D eigenvalue weighted by Crippen LogP contribution is -2.21. The minimum absolute atomic E-state index is 0.241. The van der Waals surface area contributed by atoms with E-state index in [0.717, 1.165) is 17.0 Å². The Bertz CT molecular complexity index is 770. The third-order valence-corrected chi connectivity index (χ3v) is 4.16. The molecular weight excluding hydrogens is 300 g/mol. The van der Waals surface area contributed by atoms with Crippen molar-refractivity contribution in [1.82, 2.24) is 19.6 Å². The largest absolute Gasteiger partial charge is 0.508 e. The highest BCUT2D eigenvalue weighted by atomic mass is 16.3. The summed E-state index contributed by atoms with van der Waals surface area (Å²) in [4.78, 5) is 0. The number of benzene rings is 1. The summed E-state index contributed by atoms with van der Waals surface area (Å²) in [5.41, 5.74) is 2.81. The highest BCUT2D eigenvalue weighted by molar-refractivity contribution is 5.35. The van der Waals surface area contributed by atoms with Crippen LogP contribution in [0.3, 0.4) is 0 Å². The van der Waals surface area contributed by atoms with E-state index in [1.54, 1.807) is 6.07 Å². The molecule has 0 unspecified atom stereocenters. The zero-order valence-electron chi connectivity index (χ0n) is 14.6. The molecule has 0 aliphatic rings. The lowest BCUT2D eigenvalue weighted by molar-refractivity contribution is 0.386. The molecule has 0 radical (unpaired) electrons. The molecular formula is C19H24N4O. The third kappa shape index (κ3) is 3.07. The zero-order valence-corrected chi connectivity index (χ0v) is 14.6. The standard InChI is InChI=1S/C19H24N4O/c1-13(2)16-9-11-22(20-16)19(15-7-5-6-8-18(15)24)23-12-10-17(21-23)14(3)4/h5-14,19,24H,1-4H3. The van der Waals surface area contributed by atoms with Gasteiger partial charge in [0, 0.05) is 18.0 Å². The minimum atomic E-state index is -0.314. The van der Waals surface area contributed by atoms with E-state index in [2.05, 4.69) is 27.7 Å². The number of hydrogen-bond donors (Lipinski definition) is 1. The van der Waals surface area contributed by atoms with E-state index in [4.69, 9.17) is 10.2 Å². The molecule has 0 aliphatic heterocycles. The second kappa shape index (κ2) is 6.51. The summed E-state index contributed by atoms with van der Waals surface area (Å²) in [6, 6.07) is 11.4. The molecule has 24 heavy (non-hydrogen) atoms. The van der Waals surface area contributed by atoms with Crippen LogP contribution in [0.1, 0.15) is 62.6 Å². The zero-order chi connectivity index (χ0) is 17.3. The number of aromatic hydroxyl groups is 1. The van der Waals surface area contributed by atoms with Gasteiger partial charge in [0.25, 0.3) is 0 Å². The molecule has 0 atom stereocenters. The molecule has 0 bridgehead atoms. The van der Waals surface area contributed by atoms with Crippen LogP contribution in [0.15, 0.2) is 48.8 Å². The van der Waals surface area contributed by atoms with Gasteiger partial charge in [-0.15, -0.1) is 0 Å². The van der Waals surface area contributed by atoms with Crippen molar-refractivity contribution in [2.24, 2.45) is 0 Å². The average Bonchev–Trinajstić information content (AvgIpc) is 3.19. The molecule has 5 nitrogen and oxygen atoms in total. The van der Waals surface area contributed by atoms with Gasteiger partial charge in [0.15, 0.2) is 6.17 Å². The van der Waals surface area contributed by atoms with Crippen LogP contribution in [0, 0.1) is 0 Å². The Morgan fingerprint density at radius 3 is 1.71 bits per heavy atom. The predicted molar refractivity (Wildman–Crippen MR) is 94.3 cm³/mol. The number of phenolic OH excluding ortho intramolecular Hbond substituents is 1. The van der Waals surface area contributed by atoms with Crippen LogP contribution in [0.2, 0.25) is 0 Å². The topological polar surface area (TPSA) is 55.9 Å². The summed E-state index contributed by atoms with van der Waals surface area (Å²) >= 11 is 0. The smallest absolute Gasteiger partial charge is 0.172 e. The van der Waals surface area contributed by atoms with E-state index in [-0.39, 0.29) is 11.9 Å². The van der Waals surface area contributed by atoms with Crippen LogP contribution in [-0.2, 0) is 0 Å². The number of aromatic nitrogens is 4. The van der Waals surface area contributed by atoms with E-state index >= 15 is 0 Å². The average molecular weight is 324 g/mol. The van der Waals surface area contributed by atoms with Crippen molar-refractivity contribution in [2.75, 3.05) is 0 Å². The van der Waals surface area contributed by atoms with Crippen molar-refractivity contribution in [1.29, 1.82) is 0 Å². The molecule has 126 valence electrons. The van der Waals surface area contributed by atoms with Gasteiger partial charge >= 0.3 is 0 Å². The van der Waals surface area contributed by atoms with Crippen molar-refractivity contribution in [2.45, 2.75) is 45.7 Å². The number of nitrogens with zero attached hydrogens (tertiary/aromatic N) is 4. The molecule has 2 heterocycles.